The van der Waals surface area contributed by atoms with E-state index in [1.807, 2.05) is 24.3 Å². The molecule has 3 rings (SSSR count). The maximum Gasteiger partial charge on any atom is 0.222 e. The van der Waals surface area contributed by atoms with E-state index >= 15 is 0 Å². The van der Waals surface area contributed by atoms with E-state index in [-0.39, 0.29) is 0 Å². The van der Waals surface area contributed by atoms with Gasteiger partial charge in [-0.15, -0.1) is 0 Å². The smallest absolute Gasteiger partial charge is 0.222 e. The topological polar surface area (TPSA) is 83.4 Å². The second kappa shape index (κ2) is 6.05. The molecule has 4 N–H and O–H groups in total. The van der Waals surface area contributed by atoms with Crippen molar-refractivity contribution >= 4 is 11.4 Å². The Balaban J connectivity index is 1.78. The van der Waals surface area contributed by atoms with Gasteiger partial charge in [0.25, 0.3) is 0 Å². The number of pyridine rings is 1. The van der Waals surface area contributed by atoms with Gasteiger partial charge in [-0.3, -0.25) is 0 Å². The number of aromatic nitrogens is 1. The molecule has 0 unspecified atom stereocenters. The van der Waals surface area contributed by atoms with Crippen molar-refractivity contribution in [2.24, 2.45) is 0 Å². The molecule has 2 aromatic carbocycles. The molecular weight excluding hydrogens is 278 g/mol. The van der Waals surface area contributed by atoms with Gasteiger partial charge in [-0.05, 0) is 24.3 Å². The van der Waals surface area contributed by atoms with Crippen molar-refractivity contribution in [3.05, 3.63) is 66.7 Å². The molecule has 0 spiro atoms. The number of ether oxygens (including phenoxy) is 2. The third-order valence-corrected chi connectivity index (χ3v) is 2.86. The largest absolute Gasteiger partial charge is 0.439 e. The first-order valence-corrected chi connectivity index (χ1v) is 6.73. The lowest BCUT2D eigenvalue weighted by Gasteiger charge is -2.08. The van der Waals surface area contributed by atoms with Crippen LogP contribution in [0.25, 0.3) is 0 Å². The Morgan fingerprint density at radius 2 is 1.09 bits per heavy atom. The van der Waals surface area contributed by atoms with Crippen molar-refractivity contribution in [2.75, 3.05) is 11.5 Å². The Hall–Kier alpha value is -3.21. The van der Waals surface area contributed by atoms with Crippen molar-refractivity contribution in [1.29, 1.82) is 0 Å². The van der Waals surface area contributed by atoms with Gasteiger partial charge in [0.2, 0.25) is 11.8 Å². The van der Waals surface area contributed by atoms with Crippen molar-refractivity contribution in [1.82, 2.24) is 4.98 Å². The molecule has 0 aliphatic carbocycles. The molecule has 0 atom stereocenters. The van der Waals surface area contributed by atoms with E-state index < -0.39 is 0 Å². The summed E-state index contributed by atoms with van der Waals surface area (Å²) >= 11 is 0. The minimum Gasteiger partial charge on any atom is -0.439 e. The Morgan fingerprint density at radius 3 is 1.55 bits per heavy atom. The highest BCUT2D eigenvalue weighted by molar-refractivity contribution is 5.46. The predicted molar refractivity (Wildman–Crippen MR) is 86.1 cm³/mol. The number of benzene rings is 2. The normalized spacial score (nSPS) is 10.2. The van der Waals surface area contributed by atoms with Gasteiger partial charge in [-0.25, -0.2) is 0 Å². The van der Waals surface area contributed by atoms with Crippen molar-refractivity contribution in [3.8, 4) is 23.3 Å². The van der Waals surface area contributed by atoms with Gasteiger partial charge in [-0.2, -0.15) is 4.98 Å². The van der Waals surface area contributed by atoms with Crippen LogP contribution in [0.5, 0.6) is 23.3 Å². The molecule has 0 bridgehead atoms. The van der Waals surface area contributed by atoms with Crippen LogP contribution in [0.4, 0.5) is 11.4 Å². The van der Waals surface area contributed by atoms with Crippen LogP contribution < -0.4 is 20.9 Å². The van der Waals surface area contributed by atoms with Gasteiger partial charge in [0.15, 0.2) is 0 Å². The molecule has 0 radical (unpaired) electrons. The molecule has 0 saturated heterocycles. The van der Waals surface area contributed by atoms with Crippen LogP contribution in [-0.2, 0) is 0 Å². The molecule has 5 heteroatoms. The van der Waals surface area contributed by atoms with Crippen LogP contribution in [-0.4, -0.2) is 4.98 Å². The fourth-order valence-corrected chi connectivity index (χ4v) is 1.91. The zero-order chi connectivity index (χ0) is 15.4. The van der Waals surface area contributed by atoms with Gasteiger partial charge in [0.05, 0.1) is 0 Å². The average Bonchev–Trinajstić information content (AvgIpc) is 2.47. The molecule has 0 fully saturated rings. The maximum atomic E-state index is 5.72. The number of hydrogen-bond acceptors (Lipinski definition) is 5. The number of nitrogens with zero attached hydrogens (tertiary/aromatic N) is 1. The summed E-state index contributed by atoms with van der Waals surface area (Å²) in [6.45, 7) is 0. The fraction of sp³-hybridized carbons (Fsp3) is 0. The Labute approximate surface area is 128 Å². The van der Waals surface area contributed by atoms with E-state index in [0.717, 1.165) is 0 Å². The third-order valence-electron chi connectivity index (χ3n) is 2.86. The minimum absolute atomic E-state index is 0.423. The molecule has 5 nitrogen and oxygen atoms in total. The zero-order valence-electron chi connectivity index (χ0n) is 11.8. The second-order valence-corrected chi connectivity index (χ2v) is 4.66. The van der Waals surface area contributed by atoms with E-state index in [9.17, 15) is 0 Å². The first-order chi connectivity index (χ1) is 10.7. The Kier molecular flexibility index (Phi) is 3.78. The maximum absolute atomic E-state index is 5.72. The van der Waals surface area contributed by atoms with Crippen LogP contribution in [0.2, 0.25) is 0 Å². The Bertz CT molecular complexity index is 727. The molecule has 3 aromatic rings. The first-order valence-electron chi connectivity index (χ1n) is 6.73. The van der Waals surface area contributed by atoms with Crippen molar-refractivity contribution in [2.45, 2.75) is 0 Å². The number of hydrogen-bond donors (Lipinski definition) is 2. The van der Waals surface area contributed by atoms with E-state index in [1.165, 1.54) is 0 Å². The van der Waals surface area contributed by atoms with Crippen molar-refractivity contribution in [3.63, 3.8) is 0 Å². The summed E-state index contributed by atoms with van der Waals surface area (Å²) in [5, 5.41) is 0. The van der Waals surface area contributed by atoms with Gasteiger partial charge < -0.3 is 20.9 Å². The van der Waals surface area contributed by atoms with E-state index in [0.29, 0.717) is 34.6 Å². The summed E-state index contributed by atoms with van der Waals surface area (Å²) in [6.07, 6.45) is 0. The van der Waals surface area contributed by atoms with E-state index in [4.69, 9.17) is 20.9 Å². The lowest BCUT2D eigenvalue weighted by molar-refractivity contribution is 0.426. The number of nitrogen functional groups attached to an aromatic ring is 2. The average molecular weight is 293 g/mol. The lowest BCUT2D eigenvalue weighted by atomic mass is 10.3. The van der Waals surface area contributed by atoms with Gasteiger partial charge in [0, 0.05) is 35.6 Å². The summed E-state index contributed by atoms with van der Waals surface area (Å²) in [5.41, 5.74) is 12.7. The summed E-state index contributed by atoms with van der Waals surface area (Å²) in [7, 11) is 0. The molecule has 0 saturated carbocycles. The summed E-state index contributed by atoms with van der Waals surface area (Å²) in [6, 6.07) is 19.6. The molecule has 0 amide bonds. The second-order valence-electron chi connectivity index (χ2n) is 4.66. The molecule has 0 aliphatic heterocycles. The molecule has 1 heterocycles. The van der Waals surface area contributed by atoms with E-state index in [1.54, 1.807) is 42.5 Å². The number of anilines is 2. The summed E-state index contributed by atoms with van der Waals surface area (Å²) in [5.74, 6) is 2.08. The fourth-order valence-electron chi connectivity index (χ4n) is 1.91. The van der Waals surface area contributed by atoms with Crippen LogP contribution in [0.15, 0.2) is 66.7 Å². The van der Waals surface area contributed by atoms with Gasteiger partial charge in [0.1, 0.15) is 11.5 Å². The quantitative estimate of drug-likeness (QED) is 0.714. The Morgan fingerprint density at radius 1 is 0.636 bits per heavy atom. The number of nitrogens with two attached hydrogens (primary N) is 2. The first kappa shape index (κ1) is 13.8. The van der Waals surface area contributed by atoms with E-state index in [2.05, 4.69) is 4.98 Å². The zero-order valence-corrected chi connectivity index (χ0v) is 11.8. The summed E-state index contributed by atoms with van der Waals surface area (Å²) < 4.78 is 11.3. The highest BCUT2D eigenvalue weighted by Gasteiger charge is 2.03. The predicted octanol–water partition coefficient (Wildman–Crippen LogP) is 3.83. The van der Waals surface area contributed by atoms with Crippen molar-refractivity contribution < 1.29 is 9.47 Å². The van der Waals surface area contributed by atoms with Crippen LogP contribution >= 0.6 is 0 Å². The third kappa shape index (κ3) is 3.46. The van der Waals surface area contributed by atoms with Crippen LogP contribution in [0.1, 0.15) is 0 Å². The lowest BCUT2D eigenvalue weighted by Crippen LogP contribution is -1.93. The monoisotopic (exact) mass is 293 g/mol. The minimum atomic E-state index is 0.423. The van der Waals surface area contributed by atoms with Gasteiger partial charge >= 0.3 is 0 Å². The van der Waals surface area contributed by atoms with Crippen LogP contribution in [0, 0.1) is 0 Å². The molecule has 22 heavy (non-hydrogen) atoms. The highest BCUT2D eigenvalue weighted by Crippen LogP contribution is 2.26. The van der Waals surface area contributed by atoms with Crippen LogP contribution in [0.3, 0.4) is 0 Å². The molecule has 0 aliphatic rings. The SMILES string of the molecule is Nc1cccc(Oc2cccc(Oc3cccc(N)c3)n2)c1. The molecule has 1 aromatic heterocycles. The standard InChI is InChI=1S/C17H15N3O2/c18-12-4-1-6-14(10-12)21-16-8-3-9-17(20-16)22-15-7-2-5-13(19)11-15/h1-11H,18-19H2. The molecule has 110 valence electrons. The summed E-state index contributed by atoms with van der Waals surface area (Å²) in [4.78, 5) is 4.30. The highest BCUT2D eigenvalue weighted by atomic mass is 16.5. The van der Waals surface area contributed by atoms with Gasteiger partial charge in [-0.1, -0.05) is 18.2 Å². The number of rotatable bonds is 4. The molecular formula is C17H15N3O2.